The standard InChI is InChI=1S/C21H22O4S/c1-4-19(22)24-12-20(23)25-21(3)16-8-6-5-7-15(16)13-26-18-11-14(2)9-10-17(18)21/h4-10,14H,1,11-13H2,2-3H3. The Bertz CT molecular complexity index is 808. The second-order valence-electron chi connectivity index (χ2n) is 6.64. The third-order valence-corrected chi connectivity index (χ3v) is 5.85. The monoisotopic (exact) mass is 370 g/mol. The van der Waals surface area contributed by atoms with E-state index in [9.17, 15) is 9.59 Å². The summed E-state index contributed by atoms with van der Waals surface area (Å²) in [6, 6.07) is 8.02. The maximum absolute atomic E-state index is 12.4. The van der Waals surface area contributed by atoms with Gasteiger partial charge >= 0.3 is 11.9 Å². The van der Waals surface area contributed by atoms with Crippen LogP contribution >= 0.6 is 11.8 Å². The van der Waals surface area contributed by atoms with Gasteiger partial charge in [-0.1, -0.05) is 49.9 Å². The Morgan fingerprint density at radius 1 is 1.38 bits per heavy atom. The van der Waals surface area contributed by atoms with E-state index in [1.165, 1.54) is 4.91 Å². The summed E-state index contributed by atoms with van der Waals surface area (Å²) in [5.41, 5.74) is 2.21. The van der Waals surface area contributed by atoms with Crippen LogP contribution in [0.2, 0.25) is 0 Å². The molecular weight excluding hydrogens is 348 g/mol. The Hall–Kier alpha value is -2.27. The minimum absolute atomic E-state index is 0.432. The predicted octanol–water partition coefficient (Wildman–Crippen LogP) is 4.27. The van der Waals surface area contributed by atoms with Gasteiger partial charge < -0.3 is 9.47 Å². The molecule has 0 radical (unpaired) electrons. The molecule has 1 aliphatic carbocycles. The molecule has 1 heterocycles. The van der Waals surface area contributed by atoms with E-state index in [1.807, 2.05) is 25.1 Å². The van der Waals surface area contributed by atoms with Crippen LogP contribution in [0.25, 0.3) is 0 Å². The van der Waals surface area contributed by atoms with E-state index in [0.29, 0.717) is 5.92 Å². The molecule has 136 valence electrons. The molecule has 2 unspecified atom stereocenters. The van der Waals surface area contributed by atoms with Gasteiger partial charge in [-0.05, 0) is 29.7 Å². The summed E-state index contributed by atoms with van der Waals surface area (Å²) >= 11 is 1.80. The van der Waals surface area contributed by atoms with Crippen molar-refractivity contribution in [1.29, 1.82) is 0 Å². The van der Waals surface area contributed by atoms with Crippen LogP contribution in [0.15, 0.2) is 59.6 Å². The molecule has 0 fully saturated rings. The Balaban J connectivity index is 1.97. The Morgan fingerprint density at radius 3 is 2.92 bits per heavy atom. The Kier molecular flexibility index (Phi) is 5.37. The molecule has 0 aromatic heterocycles. The van der Waals surface area contributed by atoms with E-state index in [0.717, 1.165) is 34.9 Å². The summed E-state index contributed by atoms with van der Waals surface area (Å²) < 4.78 is 10.8. The third kappa shape index (κ3) is 3.63. The van der Waals surface area contributed by atoms with Gasteiger partial charge in [0.2, 0.25) is 0 Å². The zero-order valence-corrected chi connectivity index (χ0v) is 15.8. The summed E-state index contributed by atoms with van der Waals surface area (Å²) in [5.74, 6) is 0.0724. The van der Waals surface area contributed by atoms with E-state index in [4.69, 9.17) is 9.47 Å². The number of carbonyl (C=O) groups is 2. The number of benzene rings is 1. The maximum atomic E-state index is 12.4. The average Bonchev–Trinajstić information content (AvgIpc) is 2.75. The number of esters is 2. The molecule has 1 aromatic rings. The summed E-state index contributed by atoms with van der Waals surface area (Å²) in [6.45, 7) is 6.99. The van der Waals surface area contributed by atoms with Crippen LogP contribution in [0.3, 0.4) is 0 Å². The molecule has 1 aliphatic heterocycles. The van der Waals surface area contributed by atoms with Gasteiger partial charge in [0.15, 0.2) is 12.2 Å². The molecule has 0 saturated carbocycles. The largest absolute Gasteiger partial charge is 0.451 e. The molecule has 4 nitrogen and oxygen atoms in total. The van der Waals surface area contributed by atoms with Gasteiger partial charge in [0.25, 0.3) is 0 Å². The number of hydrogen-bond donors (Lipinski definition) is 0. The number of thioether (sulfide) groups is 1. The minimum Gasteiger partial charge on any atom is -0.451 e. The second-order valence-corrected chi connectivity index (χ2v) is 7.71. The fourth-order valence-electron chi connectivity index (χ4n) is 3.36. The second kappa shape index (κ2) is 7.54. The SMILES string of the molecule is C=CC(=O)OCC(=O)OC1(C)C2=C(CC(C)C=C2)SCc2ccccc21. The van der Waals surface area contributed by atoms with Crippen LogP contribution in [0.1, 0.15) is 31.4 Å². The number of fused-ring (bicyclic) bond motifs is 1. The number of hydrogen-bond acceptors (Lipinski definition) is 5. The van der Waals surface area contributed by atoms with Crippen molar-refractivity contribution in [2.24, 2.45) is 5.92 Å². The third-order valence-electron chi connectivity index (χ3n) is 4.66. The van der Waals surface area contributed by atoms with E-state index in [2.05, 4.69) is 31.7 Å². The van der Waals surface area contributed by atoms with E-state index in [1.54, 1.807) is 11.8 Å². The Morgan fingerprint density at radius 2 is 2.15 bits per heavy atom. The predicted molar refractivity (Wildman–Crippen MR) is 102 cm³/mol. The van der Waals surface area contributed by atoms with Crippen molar-refractivity contribution < 1.29 is 19.1 Å². The first-order valence-corrected chi connectivity index (χ1v) is 9.56. The lowest BCUT2D eigenvalue weighted by atomic mass is 9.81. The summed E-state index contributed by atoms with van der Waals surface area (Å²) in [7, 11) is 0. The van der Waals surface area contributed by atoms with Crippen LogP contribution in [0, 0.1) is 5.92 Å². The number of allylic oxidation sites excluding steroid dienone is 2. The molecule has 0 amide bonds. The van der Waals surface area contributed by atoms with Gasteiger partial charge in [-0.3, -0.25) is 0 Å². The van der Waals surface area contributed by atoms with Crippen molar-refractivity contribution in [1.82, 2.24) is 0 Å². The summed E-state index contributed by atoms with van der Waals surface area (Å²) in [4.78, 5) is 24.9. The molecule has 0 N–H and O–H groups in total. The van der Waals surface area contributed by atoms with Crippen LogP contribution in [-0.4, -0.2) is 18.5 Å². The first-order valence-electron chi connectivity index (χ1n) is 8.58. The van der Waals surface area contributed by atoms with E-state index in [-0.39, 0.29) is 0 Å². The molecule has 0 spiro atoms. The molecule has 26 heavy (non-hydrogen) atoms. The molecule has 2 atom stereocenters. The number of rotatable bonds is 4. The smallest absolute Gasteiger partial charge is 0.345 e. The number of carbonyl (C=O) groups excluding carboxylic acids is 2. The van der Waals surface area contributed by atoms with Crippen LogP contribution in [0.4, 0.5) is 0 Å². The fraction of sp³-hybridized carbons (Fsp3) is 0.333. The number of ether oxygens (including phenoxy) is 2. The molecule has 1 aromatic carbocycles. The maximum Gasteiger partial charge on any atom is 0.345 e. The minimum atomic E-state index is -0.913. The highest BCUT2D eigenvalue weighted by Gasteiger charge is 2.40. The molecule has 2 aliphatic rings. The van der Waals surface area contributed by atoms with Crippen molar-refractivity contribution >= 4 is 23.7 Å². The zero-order valence-electron chi connectivity index (χ0n) is 15.0. The quantitative estimate of drug-likeness (QED) is 0.585. The van der Waals surface area contributed by atoms with Crippen molar-refractivity contribution in [2.75, 3.05) is 6.61 Å². The van der Waals surface area contributed by atoms with Gasteiger partial charge in [-0.15, -0.1) is 11.8 Å². The van der Waals surface area contributed by atoms with Gasteiger partial charge in [0.1, 0.15) is 0 Å². The van der Waals surface area contributed by atoms with Crippen molar-refractivity contribution in [3.63, 3.8) is 0 Å². The highest BCUT2D eigenvalue weighted by molar-refractivity contribution is 8.02. The lowest BCUT2D eigenvalue weighted by Gasteiger charge is -2.34. The van der Waals surface area contributed by atoms with Gasteiger partial charge in [0, 0.05) is 23.0 Å². The summed E-state index contributed by atoms with van der Waals surface area (Å²) in [6.07, 6.45) is 6.18. The summed E-state index contributed by atoms with van der Waals surface area (Å²) in [5, 5.41) is 0. The topological polar surface area (TPSA) is 52.6 Å². The lowest BCUT2D eigenvalue weighted by Crippen LogP contribution is -2.34. The molecule has 0 saturated heterocycles. The highest BCUT2D eigenvalue weighted by atomic mass is 32.2. The molecule has 5 heteroatoms. The highest BCUT2D eigenvalue weighted by Crippen LogP contribution is 2.48. The average molecular weight is 370 g/mol. The van der Waals surface area contributed by atoms with Crippen molar-refractivity contribution in [3.8, 4) is 0 Å². The van der Waals surface area contributed by atoms with Crippen molar-refractivity contribution in [3.05, 3.63) is 70.7 Å². The van der Waals surface area contributed by atoms with Gasteiger partial charge in [-0.2, -0.15) is 0 Å². The Labute approximate surface area is 157 Å². The van der Waals surface area contributed by atoms with E-state index >= 15 is 0 Å². The zero-order chi connectivity index (χ0) is 18.7. The van der Waals surface area contributed by atoms with Crippen molar-refractivity contribution in [2.45, 2.75) is 31.6 Å². The molecular formula is C21H22O4S. The van der Waals surface area contributed by atoms with E-state index < -0.39 is 24.1 Å². The normalized spacial score (nSPS) is 24.2. The molecule has 3 rings (SSSR count). The van der Waals surface area contributed by atoms with Gasteiger partial charge in [0.05, 0.1) is 0 Å². The van der Waals surface area contributed by atoms with Crippen LogP contribution in [-0.2, 0) is 30.4 Å². The first kappa shape index (κ1) is 18.5. The lowest BCUT2D eigenvalue weighted by molar-refractivity contribution is -0.165. The molecule has 0 bridgehead atoms. The fourth-order valence-corrected chi connectivity index (χ4v) is 4.74. The van der Waals surface area contributed by atoms with Crippen LogP contribution in [0.5, 0.6) is 0 Å². The first-order chi connectivity index (χ1) is 12.4. The van der Waals surface area contributed by atoms with Gasteiger partial charge in [-0.25, -0.2) is 9.59 Å². The van der Waals surface area contributed by atoms with Crippen LogP contribution < -0.4 is 0 Å².